The summed E-state index contributed by atoms with van der Waals surface area (Å²) in [6.07, 6.45) is 0.197. The van der Waals surface area contributed by atoms with Gasteiger partial charge in [0.15, 0.2) is 5.65 Å². The third-order valence-electron chi connectivity index (χ3n) is 5.89. The van der Waals surface area contributed by atoms with Crippen LogP contribution in [0.5, 0.6) is 11.6 Å². The van der Waals surface area contributed by atoms with Gasteiger partial charge < -0.3 is 9.47 Å². The molecule has 8 heteroatoms. The van der Waals surface area contributed by atoms with E-state index in [0.29, 0.717) is 24.4 Å². The normalized spacial score (nSPS) is 17.1. The second-order valence-electron chi connectivity index (χ2n) is 8.10. The van der Waals surface area contributed by atoms with Crippen LogP contribution in [0.1, 0.15) is 16.8 Å². The Morgan fingerprint density at radius 3 is 2.75 bits per heavy atom. The molecule has 32 heavy (non-hydrogen) atoms. The van der Waals surface area contributed by atoms with Gasteiger partial charge in [0.2, 0.25) is 5.88 Å². The molecule has 1 atom stereocenters. The summed E-state index contributed by atoms with van der Waals surface area (Å²) in [7, 11) is 0. The molecule has 0 bridgehead atoms. The number of fused-ring (bicyclic) bond motifs is 3. The molecule has 0 saturated heterocycles. The lowest BCUT2D eigenvalue weighted by atomic mass is 10.1. The maximum atomic E-state index is 13.3. The number of para-hydroxylation sites is 1. The molecule has 160 valence electrons. The van der Waals surface area contributed by atoms with E-state index in [-0.39, 0.29) is 17.8 Å². The van der Waals surface area contributed by atoms with Crippen molar-refractivity contribution in [1.82, 2.24) is 19.7 Å². The minimum absolute atomic E-state index is 0.110. The number of benzene rings is 2. The monoisotopic (exact) mass is 430 g/mol. The zero-order valence-electron chi connectivity index (χ0n) is 17.3. The molecule has 4 heterocycles. The van der Waals surface area contributed by atoms with Gasteiger partial charge in [-0.25, -0.2) is 13.9 Å². The molecule has 0 radical (unpaired) electrons. The second-order valence-corrected chi connectivity index (χ2v) is 8.10. The average molecular weight is 430 g/mol. The molecule has 2 aliphatic heterocycles. The maximum absolute atomic E-state index is 13.3. The Kier molecular flexibility index (Phi) is 4.14. The van der Waals surface area contributed by atoms with E-state index in [1.165, 1.54) is 12.1 Å². The molecule has 1 amide bonds. The first-order chi connectivity index (χ1) is 15.5. The molecule has 2 aliphatic rings. The van der Waals surface area contributed by atoms with Crippen LogP contribution in [0.15, 0.2) is 54.6 Å². The standard InChI is InChI=1S/C24H19FN4O3/c1-14-20-11-16-12-28(13-19-10-15-4-2-3-5-21(15)31-19)24(30)32-23(16)26-22(20)29(27-14)18-8-6-17(25)7-9-18/h2-9,11,19H,10,12-13H2,1H3. The zero-order valence-corrected chi connectivity index (χ0v) is 17.3. The number of aromatic nitrogens is 3. The van der Waals surface area contributed by atoms with Gasteiger partial charge in [0.1, 0.15) is 17.7 Å². The number of amides is 1. The number of hydrogen-bond donors (Lipinski definition) is 0. The van der Waals surface area contributed by atoms with Crippen LogP contribution in [-0.4, -0.2) is 38.4 Å². The van der Waals surface area contributed by atoms with E-state index < -0.39 is 6.09 Å². The highest BCUT2D eigenvalue weighted by Crippen LogP contribution is 2.32. The zero-order chi connectivity index (χ0) is 21.8. The maximum Gasteiger partial charge on any atom is 0.417 e. The number of ether oxygens (including phenoxy) is 2. The van der Waals surface area contributed by atoms with E-state index in [0.717, 1.165) is 34.4 Å². The molecule has 0 fully saturated rings. The third-order valence-corrected chi connectivity index (χ3v) is 5.89. The molecule has 6 rings (SSSR count). The largest absolute Gasteiger partial charge is 0.488 e. The molecule has 4 aromatic rings. The van der Waals surface area contributed by atoms with Crippen LogP contribution in [0.4, 0.5) is 9.18 Å². The lowest BCUT2D eigenvalue weighted by molar-refractivity contribution is 0.107. The summed E-state index contributed by atoms with van der Waals surface area (Å²) >= 11 is 0. The van der Waals surface area contributed by atoms with Crippen molar-refractivity contribution in [3.8, 4) is 17.3 Å². The van der Waals surface area contributed by atoms with Gasteiger partial charge in [0, 0.05) is 17.4 Å². The summed E-state index contributed by atoms with van der Waals surface area (Å²) in [5, 5.41) is 5.42. The average Bonchev–Trinajstić information content (AvgIpc) is 3.34. The summed E-state index contributed by atoms with van der Waals surface area (Å²) in [5.74, 6) is 0.823. The molecule has 0 N–H and O–H groups in total. The van der Waals surface area contributed by atoms with Crippen molar-refractivity contribution in [2.24, 2.45) is 0 Å². The Morgan fingerprint density at radius 1 is 1.12 bits per heavy atom. The van der Waals surface area contributed by atoms with Gasteiger partial charge in [0.05, 0.1) is 24.5 Å². The highest BCUT2D eigenvalue weighted by atomic mass is 19.1. The van der Waals surface area contributed by atoms with Gasteiger partial charge in [-0.05, 0) is 48.9 Å². The highest BCUT2D eigenvalue weighted by Gasteiger charge is 2.32. The minimum Gasteiger partial charge on any atom is -0.488 e. The summed E-state index contributed by atoms with van der Waals surface area (Å²) < 4.78 is 26.5. The molecular formula is C24H19FN4O3. The number of carbonyl (C=O) groups is 1. The van der Waals surface area contributed by atoms with Crippen molar-refractivity contribution in [3.05, 3.63) is 77.2 Å². The van der Waals surface area contributed by atoms with Crippen molar-refractivity contribution in [2.75, 3.05) is 6.54 Å². The SMILES string of the molecule is Cc1nn(-c2ccc(F)cc2)c2nc3c(cc12)CN(CC1Cc2ccccc2O1)C(=O)O3. The fourth-order valence-corrected chi connectivity index (χ4v) is 4.33. The van der Waals surface area contributed by atoms with Crippen LogP contribution >= 0.6 is 0 Å². The molecule has 2 aromatic carbocycles. The predicted molar refractivity (Wildman–Crippen MR) is 115 cm³/mol. The Bertz CT molecular complexity index is 1340. The van der Waals surface area contributed by atoms with Crippen LogP contribution in [0.25, 0.3) is 16.7 Å². The fourth-order valence-electron chi connectivity index (χ4n) is 4.33. The number of pyridine rings is 1. The number of hydrogen-bond acceptors (Lipinski definition) is 5. The Hall–Kier alpha value is -3.94. The van der Waals surface area contributed by atoms with Gasteiger partial charge in [0.25, 0.3) is 0 Å². The number of nitrogens with zero attached hydrogens (tertiary/aromatic N) is 4. The van der Waals surface area contributed by atoms with Crippen molar-refractivity contribution >= 4 is 17.1 Å². The summed E-state index contributed by atoms with van der Waals surface area (Å²) in [6.45, 7) is 2.71. The van der Waals surface area contributed by atoms with E-state index in [9.17, 15) is 9.18 Å². The molecule has 0 saturated carbocycles. The van der Waals surface area contributed by atoms with Gasteiger partial charge in [-0.2, -0.15) is 10.1 Å². The number of halogens is 1. The van der Waals surface area contributed by atoms with Crippen LogP contribution in [-0.2, 0) is 13.0 Å². The Labute approximate surface area is 183 Å². The molecule has 2 aromatic heterocycles. The van der Waals surface area contributed by atoms with Crippen LogP contribution in [0.2, 0.25) is 0 Å². The smallest absolute Gasteiger partial charge is 0.417 e. The summed E-state index contributed by atoms with van der Waals surface area (Å²) in [5.41, 5.74) is 3.99. The van der Waals surface area contributed by atoms with Crippen molar-refractivity contribution in [3.63, 3.8) is 0 Å². The fraction of sp³-hybridized carbons (Fsp3) is 0.208. The summed E-state index contributed by atoms with van der Waals surface area (Å²) in [4.78, 5) is 18.9. The van der Waals surface area contributed by atoms with Gasteiger partial charge in [-0.15, -0.1) is 0 Å². The summed E-state index contributed by atoms with van der Waals surface area (Å²) in [6, 6.07) is 15.9. The predicted octanol–water partition coefficient (Wildman–Crippen LogP) is 4.19. The van der Waals surface area contributed by atoms with Crippen molar-refractivity contribution in [2.45, 2.75) is 26.0 Å². The van der Waals surface area contributed by atoms with E-state index in [4.69, 9.17) is 9.47 Å². The molecule has 0 spiro atoms. The van der Waals surface area contributed by atoms with Crippen molar-refractivity contribution < 1.29 is 18.7 Å². The lowest BCUT2D eigenvalue weighted by Gasteiger charge is -2.29. The molecular weight excluding hydrogens is 411 g/mol. The number of rotatable bonds is 3. The van der Waals surface area contributed by atoms with E-state index >= 15 is 0 Å². The quantitative estimate of drug-likeness (QED) is 0.488. The lowest BCUT2D eigenvalue weighted by Crippen LogP contribution is -2.43. The van der Waals surface area contributed by atoms with Gasteiger partial charge in [-0.1, -0.05) is 18.2 Å². The molecule has 0 aliphatic carbocycles. The topological polar surface area (TPSA) is 69.5 Å². The minimum atomic E-state index is -0.450. The number of carbonyl (C=O) groups excluding carboxylic acids is 1. The second kappa shape index (κ2) is 7.05. The van der Waals surface area contributed by atoms with Gasteiger partial charge in [-0.3, -0.25) is 4.90 Å². The van der Waals surface area contributed by atoms with E-state index in [2.05, 4.69) is 10.1 Å². The van der Waals surface area contributed by atoms with E-state index in [1.807, 2.05) is 37.3 Å². The molecule has 1 unspecified atom stereocenters. The van der Waals surface area contributed by atoms with Crippen LogP contribution < -0.4 is 9.47 Å². The highest BCUT2D eigenvalue weighted by molar-refractivity contribution is 5.83. The first-order valence-electron chi connectivity index (χ1n) is 10.4. The molecule has 7 nitrogen and oxygen atoms in total. The Morgan fingerprint density at radius 2 is 1.94 bits per heavy atom. The van der Waals surface area contributed by atoms with Crippen molar-refractivity contribution in [1.29, 1.82) is 0 Å². The third kappa shape index (κ3) is 3.07. The number of aryl methyl sites for hydroxylation is 1. The van der Waals surface area contributed by atoms with Gasteiger partial charge >= 0.3 is 6.09 Å². The van der Waals surface area contributed by atoms with E-state index in [1.54, 1.807) is 21.7 Å². The first kappa shape index (κ1) is 18.8. The van der Waals surface area contributed by atoms with Crippen LogP contribution in [0.3, 0.4) is 0 Å². The Balaban J connectivity index is 1.29. The van der Waals surface area contributed by atoms with Crippen LogP contribution in [0, 0.1) is 12.7 Å². The first-order valence-corrected chi connectivity index (χ1v) is 10.4.